The van der Waals surface area contributed by atoms with Crippen molar-refractivity contribution >= 4 is 72.7 Å². The third-order valence-corrected chi connectivity index (χ3v) is 9.59. The minimum atomic E-state index is -5.39. The Bertz CT molecular complexity index is 1890. The highest BCUT2D eigenvalue weighted by atomic mass is 32.1. The molecule has 3 aromatic rings. The maximum atomic E-state index is 12.5. The van der Waals surface area contributed by atoms with Crippen LogP contribution >= 0.6 is 40.1 Å². The Balaban J connectivity index is 1.20. The Morgan fingerprint density at radius 2 is 1.70 bits per heavy atom. The Hall–Kier alpha value is -3.18. The van der Waals surface area contributed by atoms with Crippen LogP contribution in [0.2, 0.25) is 0 Å². The first kappa shape index (κ1) is 32.2. The van der Waals surface area contributed by atoms with Crippen LogP contribution in [0.15, 0.2) is 21.9 Å². The lowest BCUT2D eigenvalue weighted by molar-refractivity contribution is -0.0542. The summed E-state index contributed by atoms with van der Waals surface area (Å²) < 4.78 is 50.3. The summed E-state index contributed by atoms with van der Waals surface area (Å²) in [6, 6.07) is 1.23. The van der Waals surface area contributed by atoms with E-state index in [9.17, 15) is 38.7 Å². The molecule has 1 saturated heterocycles. The second-order valence-corrected chi connectivity index (χ2v) is 12.9. The molecule has 236 valence electrons. The molecule has 9 N–H and O–H groups in total. The lowest BCUT2D eigenvalue weighted by atomic mass is 10.1. The van der Waals surface area contributed by atoms with Crippen LogP contribution in [0.25, 0.3) is 11.2 Å². The van der Waals surface area contributed by atoms with Crippen LogP contribution in [0.3, 0.4) is 0 Å². The molecule has 3 aromatic heterocycles. The van der Waals surface area contributed by atoms with E-state index in [2.05, 4.69) is 33.8 Å². The molecule has 0 saturated carbocycles. The zero-order chi connectivity index (χ0) is 32.1. The monoisotopic (exact) mass is 694 g/mol. The molecule has 44 heavy (non-hydrogen) atoms. The molecule has 2 aliphatic rings. The van der Waals surface area contributed by atoms with Gasteiger partial charge in [0.1, 0.15) is 36.4 Å². The zero-order valence-electron chi connectivity index (χ0n) is 21.5. The molecule has 1 fully saturated rings. The van der Waals surface area contributed by atoms with Gasteiger partial charge in [-0.25, -0.2) is 18.9 Å². The Morgan fingerprint density at radius 1 is 1.02 bits per heavy atom. The van der Waals surface area contributed by atoms with Gasteiger partial charge in [0.25, 0.3) is 5.56 Å². The van der Waals surface area contributed by atoms with Crippen molar-refractivity contribution < 1.29 is 52.0 Å². The maximum Gasteiger partial charge on any atom is 0.481 e. The standard InChI is InChI=1S/C19H20N8O13P2S2/c20-7-1-2-27(19(31)22-7)17-11(29)10(28)5(39-17)3-36-41(32,33)40-42(34,35)37-4-6-12(43)13(44)8-16(38-6)24-14-9(23-8)15(30)26-18(21)25-14/h1-2,5-6,10-11,17,28-29H,3-4H2,(H,32,33)(H,34,35)(H2,20,22,31)(H3,21,24,25,26,30)/t5-,6-,10-,11-,17-/m1/s1. The van der Waals surface area contributed by atoms with E-state index in [0.29, 0.717) is 0 Å². The van der Waals surface area contributed by atoms with Crippen LogP contribution in [-0.4, -0.2) is 96.8 Å². The lowest BCUT2D eigenvalue weighted by Crippen LogP contribution is -2.40. The number of phosphoric acid groups is 2. The van der Waals surface area contributed by atoms with Gasteiger partial charge in [-0.15, -0.1) is 0 Å². The molecule has 0 aromatic carbocycles. The van der Waals surface area contributed by atoms with Crippen molar-refractivity contribution in [1.29, 1.82) is 0 Å². The van der Waals surface area contributed by atoms with Gasteiger partial charge in [0.15, 0.2) is 23.5 Å². The third-order valence-electron chi connectivity index (χ3n) is 5.97. The Kier molecular flexibility index (Phi) is 8.76. The first-order chi connectivity index (χ1) is 20.5. The molecule has 21 nitrogen and oxygen atoms in total. The minimum Gasteiger partial charge on any atom is -0.464 e. The number of nitrogens with one attached hydrogen (secondary N) is 1. The fourth-order valence-electron chi connectivity index (χ4n) is 3.97. The summed E-state index contributed by atoms with van der Waals surface area (Å²) >= 11 is 10.5. The van der Waals surface area contributed by atoms with E-state index in [4.69, 9.17) is 49.9 Å². The van der Waals surface area contributed by atoms with Crippen LogP contribution in [0.5, 0.6) is 5.88 Å². The summed E-state index contributed by atoms with van der Waals surface area (Å²) in [5.74, 6) is -0.612. The number of aromatic nitrogens is 6. The van der Waals surface area contributed by atoms with Crippen molar-refractivity contribution in [2.45, 2.75) is 30.6 Å². The molecule has 5 rings (SSSR count). The van der Waals surface area contributed by atoms with E-state index in [1.54, 1.807) is 0 Å². The fraction of sp³-hybridized carbons (Fsp3) is 0.368. The quantitative estimate of drug-likeness (QED) is 0.0927. The summed E-state index contributed by atoms with van der Waals surface area (Å²) in [6.07, 6.45) is -6.62. The fourth-order valence-corrected chi connectivity index (χ4v) is 6.53. The highest BCUT2D eigenvalue weighted by molar-refractivity contribution is 7.90. The largest absolute Gasteiger partial charge is 0.481 e. The number of anilines is 2. The van der Waals surface area contributed by atoms with Crippen LogP contribution in [0, 0.1) is 0 Å². The van der Waals surface area contributed by atoms with E-state index in [0.717, 1.165) is 10.8 Å². The summed E-state index contributed by atoms with van der Waals surface area (Å²) in [5, 5.41) is 20.5. The van der Waals surface area contributed by atoms with Crippen LogP contribution in [-0.2, 0) is 27.2 Å². The van der Waals surface area contributed by atoms with Gasteiger partial charge in [-0.1, -0.05) is 24.4 Å². The summed E-state index contributed by atoms with van der Waals surface area (Å²) in [6.45, 7) is -1.80. The van der Waals surface area contributed by atoms with Crippen molar-refractivity contribution in [3.63, 3.8) is 0 Å². The van der Waals surface area contributed by atoms with E-state index in [-0.39, 0.29) is 44.2 Å². The average Bonchev–Trinajstić information content (AvgIpc) is 3.20. The number of hydrogen-bond donors (Lipinski definition) is 7. The number of phosphoric ester groups is 2. The Labute approximate surface area is 254 Å². The number of fused-ring (bicyclic) bond motifs is 2. The van der Waals surface area contributed by atoms with Crippen molar-refractivity contribution in [3.8, 4) is 5.88 Å². The number of ether oxygens (including phenoxy) is 2. The normalized spacial score (nSPS) is 26.1. The number of nitrogens with two attached hydrogens (primary N) is 2. The number of hydrogen-bond acceptors (Lipinski definition) is 19. The van der Waals surface area contributed by atoms with E-state index >= 15 is 0 Å². The van der Waals surface area contributed by atoms with Crippen LogP contribution in [0.4, 0.5) is 11.8 Å². The van der Waals surface area contributed by atoms with Crippen molar-refractivity contribution in [3.05, 3.63) is 38.8 Å². The molecule has 0 radical (unpaired) electrons. The molecule has 0 bridgehead atoms. The number of aliphatic hydroxyl groups is 2. The molecule has 0 aliphatic carbocycles. The smallest absolute Gasteiger partial charge is 0.464 e. The van der Waals surface area contributed by atoms with Gasteiger partial charge >= 0.3 is 21.3 Å². The number of thiocarbonyl (C=S) groups is 2. The van der Waals surface area contributed by atoms with E-state index < -0.39 is 70.8 Å². The highest BCUT2D eigenvalue weighted by Crippen LogP contribution is 2.60. The van der Waals surface area contributed by atoms with Gasteiger partial charge in [0.2, 0.25) is 11.8 Å². The number of aliphatic hydroxyl groups excluding tert-OH is 2. The molecular formula is C19H20N8O13P2S2. The number of rotatable bonds is 9. The van der Waals surface area contributed by atoms with Crippen molar-refractivity contribution in [1.82, 2.24) is 29.5 Å². The summed E-state index contributed by atoms with van der Waals surface area (Å²) in [5.41, 5.74) is 8.85. The van der Waals surface area contributed by atoms with Crippen LogP contribution < -0.4 is 27.5 Å². The third kappa shape index (κ3) is 6.59. The first-order valence-corrected chi connectivity index (χ1v) is 15.7. The van der Waals surface area contributed by atoms with Gasteiger partial charge in [-0.3, -0.25) is 23.4 Å². The second-order valence-electron chi connectivity index (χ2n) is 9.00. The van der Waals surface area contributed by atoms with Crippen molar-refractivity contribution in [2.24, 2.45) is 0 Å². The summed E-state index contributed by atoms with van der Waals surface area (Å²) in [7, 11) is -10.8. The molecule has 7 atom stereocenters. The number of nitrogens with zero attached hydrogens (tertiary/aromatic N) is 5. The molecule has 2 unspecified atom stereocenters. The van der Waals surface area contributed by atoms with Gasteiger partial charge in [-0.05, 0) is 6.07 Å². The molecule has 0 amide bonds. The predicted octanol–water partition coefficient (Wildman–Crippen LogP) is -2.15. The SMILES string of the molecule is Nc1ccn([C@@H]2O[C@H](COP(=O)(O)OP(=O)(O)OC[C@H]3Oc4nc5nc(N)[nH]c(=O)c5nc4C(=S)C3=S)[C@@H](O)[C@H]2O)c(=O)n1. The van der Waals surface area contributed by atoms with Gasteiger partial charge in [0.05, 0.1) is 16.3 Å². The van der Waals surface area contributed by atoms with E-state index in [1.807, 2.05) is 0 Å². The van der Waals surface area contributed by atoms with Gasteiger partial charge in [-0.2, -0.15) is 19.3 Å². The van der Waals surface area contributed by atoms with Gasteiger partial charge in [0, 0.05) is 6.20 Å². The second kappa shape index (κ2) is 12.0. The Morgan fingerprint density at radius 3 is 2.39 bits per heavy atom. The molecule has 5 heterocycles. The highest BCUT2D eigenvalue weighted by Gasteiger charge is 2.46. The first-order valence-electron chi connectivity index (χ1n) is 11.9. The molecule has 25 heteroatoms. The van der Waals surface area contributed by atoms with Crippen LogP contribution in [0.1, 0.15) is 11.9 Å². The number of H-pyrrole nitrogens is 1. The van der Waals surface area contributed by atoms with Crippen molar-refractivity contribution in [2.75, 3.05) is 24.7 Å². The summed E-state index contributed by atoms with van der Waals surface area (Å²) in [4.78, 5) is 61.7. The zero-order valence-corrected chi connectivity index (χ0v) is 24.9. The molecular weight excluding hydrogens is 674 g/mol. The lowest BCUT2D eigenvalue weighted by Gasteiger charge is -2.26. The molecule has 2 aliphatic heterocycles. The minimum absolute atomic E-state index is 0.0799. The maximum absolute atomic E-state index is 12.5. The topological polar surface area (TPSA) is 320 Å². The van der Waals surface area contributed by atoms with Gasteiger partial charge < -0.3 is 40.9 Å². The predicted molar refractivity (Wildman–Crippen MR) is 153 cm³/mol. The molecule has 0 spiro atoms. The van der Waals surface area contributed by atoms with E-state index in [1.165, 1.54) is 6.07 Å². The average molecular weight is 694 g/mol. The number of aromatic amines is 1. The number of nitrogen functional groups attached to an aromatic ring is 2.